The highest BCUT2D eigenvalue weighted by atomic mass is 32.1. The first kappa shape index (κ1) is 21.9. The van der Waals surface area contributed by atoms with E-state index in [4.69, 9.17) is 4.74 Å². The summed E-state index contributed by atoms with van der Waals surface area (Å²) >= 11 is 1.44. The van der Waals surface area contributed by atoms with Gasteiger partial charge < -0.3 is 10.1 Å². The fourth-order valence-corrected chi connectivity index (χ4v) is 4.91. The standard InChI is InChI=1S/C21H30N6O3S/c1-14(2)30-11-4-8-22-19(28)15-5-9-26(10-6-15)13-17-23-24-21-25(3)20(29)18-16(27(17)21)7-12-31-18/h7,12,14-15H,4-6,8-11,13H2,1-3H3,(H,22,28). The van der Waals surface area contributed by atoms with Gasteiger partial charge in [0.15, 0.2) is 5.82 Å². The Bertz CT molecular complexity index is 1110. The number of carbonyl (C=O) groups excluding carboxylic acids is 1. The Morgan fingerprint density at radius 2 is 2.10 bits per heavy atom. The maximum absolute atomic E-state index is 12.5. The maximum Gasteiger partial charge on any atom is 0.272 e. The normalized spacial score (nSPS) is 16.0. The van der Waals surface area contributed by atoms with E-state index in [2.05, 4.69) is 20.4 Å². The third-order valence-corrected chi connectivity index (χ3v) is 6.68. The number of hydrogen-bond donors (Lipinski definition) is 1. The van der Waals surface area contributed by atoms with E-state index in [1.165, 1.54) is 11.3 Å². The van der Waals surface area contributed by atoms with E-state index >= 15 is 0 Å². The van der Waals surface area contributed by atoms with Gasteiger partial charge in [-0.15, -0.1) is 21.5 Å². The second-order valence-corrected chi connectivity index (χ2v) is 9.28. The molecule has 9 nitrogen and oxygen atoms in total. The minimum atomic E-state index is -0.0426. The second-order valence-electron chi connectivity index (χ2n) is 8.37. The van der Waals surface area contributed by atoms with Crippen molar-refractivity contribution >= 4 is 33.2 Å². The molecule has 0 aromatic carbocycles. The zero-order valence-electron chi connectivity index (χ0n) is 18.3. The number of nitrogens with zero attached hydrogens (tertiary/aromatic N) is 5. The lowest BCUT2D eigenvalue weighted by molar-refractivity contribution is -0.126. The molecule has 0 radical (unpaired) electrons. The van der Waals surface area contributed by atoms with Crippen molar-refractivity contribution in [3.8, 4) is 0 Å². The van der Waals surface area contributed by atoms with Gasteiger partial charge in [-0.2, -0.15) is 0 Å². The van der Waals surface area contributed by atoms with E-state index in [9.17, 15) is 9.59 Å². The number of hydrogen-bond acceptors (Lipinski definition) is 7. The molecular formula is C21H30N6O3S. The van der Waals surface area contributed by atoms with Gasteiger partial charge in [-0.25, -0.2) is 0 Å². The molecule has 1 amide bonds. The molecule has 1 fully saturated rings. The summed E-state index contributed by atoms with van der Waals surface area (Å²) in [4.78, 5) is 27.2. The van der Waals surface area contributed by atoms with E-state index < -0.39 is 0 Å². The number of thiophene rings is 1. The average molecular weight is 447 g/mol. The van der Waals surface area contributed by atoms with Gasteiger partial charge in [-0.05, 0) is 57.6 Å². The van der Waals surface area contributed by atoms with Gasteiger partial charge in [0.2, 0.25) is 11.7 Å². The third kappa shape index (κ3) is 4.65. The summed E-state index contributed by atoms with van der Waals surface area (Å²) in [6.45, 7) is 7.67. The summed E-state index contributed by atoms with van der Waals surface area (Å²) in [5.74, 6) is 1.58. The van der Waals surface area contributed by atoms with Crippen LogP contribution in [0.15, 0.2) is 16.2 Å². The van der Waals surface area contributed by atoms with Crippen molar-refractivity contribution in [2.75, 3.05) is 26.2 Å². The van der Waals surface area contributed by atoms with Gasteiger partial charge in [0.25, 0.3) is 5.56 Å². The molecule has 0 atom stereocenters. The predicted octanol–water partition coefficient (Wildman–Crippen LogP) is 1.79. The Labute approximate surface area is 185 Å². The number of likely N-dealkylation sites (tertiary alicyclic amines) is 1. The minimum Gasteiger partial charge on any atom is -0.379 e. The second kappa shape index (κ2) is 9.46. The molecule has 0 spiro atoms. The number of carbonyl (C=O) groups is 1. The Morgan fingerprint density at radius 3 is 2.84 bits per heavy atom. The molecule has 3 aromatic rings. The first-order valence-electron chi connectivity index (χ1n) is 10.9. The van der Waals surface area contributed by atoms with Crippen molar-refractivity contribution in [3.63, 3.8) is 0 Å². The minimum absolute atomic E-state index is 0.0426. The Morgan fingerprint density at radius 1 is 1.32 bits per heavy atom. The number of aryl methyl sites for hydroxylation is 1. The van der Waals surface area contributed by atoms with Gasteiger partial charge in [-0.1, -0.05) is 0 Å². The van der Waals surface area contributed by atoms with Crippen LogP contribution >= 0.6 is 11.3 Å². The summed E-state index contributed by atoms with van der Waals surface area (Å²) in [6.07, 6.45) is 2.72. The molecule has 10 heteroatoms. The largest absolute Gasteiger partial charge is 0.379 e. The number of piperidine rings is 1. The molecule has 1 aliphatic rings. The van der Waals surface area contributed by atoms with Gasteiger partial charge in [0, 0.05) is 26.1 Å². The lowest BCUT2D eigenvalue weighted by Gasteiger charge is -2.30. The molecule has 1 saturated heterocycles. The van der Waals surface area contributed by atoms with Crippen LogP contribution in [0.3, 0.4) is 0 Å². The van der Waals surface area contributed by atoms with Crippen LogP contribution in [0.25, 0.3) is 16.0 Å². The van der Waals surface area contributed by atoms with Crippen LogP contribution < -0.4 is 10.9 Å². The lowest BCUT2D eigenvalue weighted by atomic mass is 9.96. The van der Waals surface area contributed by atoms with E-state index in [-0.39, 0.29) is 23.5 Å². The molecule has 168 valence electrons. The lowest BCUT2D eigenvalue weighted by Crippen LogP contribution is -2.40. The van der Waals surface area contributed by atoms with Gasteiger partial charge in [-0.3, -0.25) is 23.5 Å². The smallest absolute Gasteiger partial charge is 0.272 e. The number of fused-ring (bicyclic) bond motifs is 3. The molecule has 1 N–H and O–H groups in total. The van der Waals surface area contributed by atoms with E-state index in [1.807, 2.05) is 29.7 Å². The zero-order chi connectivity index (χ0) is 22.0. The third-order valence-electron chi connectivity index (χ3n) is 5.79. The van der Waals surface area contributed by atoms with Crippen molar-refractivity contribution in [2.24, 2.45) is 13.0 Å². The van der Waals surface area contributed by atoms with Gasteiger partial charge in [0.05, 0.1) is 18.2 Å². The molecular weight excluding hydrogens is 416 g/mol. The molecule has 3 aromatic heterocycles. The quantitative estimate of drug-likeness (QED) is 0.530. The van der Waals surface area contributed by atoms with Crippen molar-refractivity contribution in [1.29, 1.82) is 0 Å². The summed E-state index contributed by atoms with van der Waals surface area (Å²) in [7, 11) is 1.73. The van der Waals surface area contributed by atoms with Crippen molar-refractivity contribution in [2.45, 2.75) is 45.8 Å². The number of aromatic nitrogens is 4. The van der Waals surface area contributed by atoms with Crippen LogP contribution in [0.1, 0.15) is 38.9 Å². The fraction of sp³-hybridized carbons (Fsp3) is 0.619. The van der Waals surface area contributed by atoms with Gasteiger partial charge >= 0.3 is 0 Å². The summed E-state index contributed by atoms with van der Waals surface area (Å²) in [5.41, 5.74) is 0.817. The highest BCUT2D eigenvalue weighted by molar-refractivity contribution is 7.17. The highest BCUT2D eigenvalue weighted by Crippen LogP contribution is 2.22. The Hall–Kier alpha value is -2.30. The van der Waals surface area contributed by atoms with Crippen molar-refractivity contribution < 1.29 is 9.53 Å². The molecule has 4 heterocycles. The first-order chi connectivity index (χ1) is 15.0. The van der Waals surface area contributed by atoms with E-state index in [0.29, 0.717) is 30.2 Å². The molecule has 0 saturated carbocycles. The maximum atomic E-state index is 12.5. The fourth-order valence-electron chi connectivity index (χ4n) is 4.06. The topological polar surface area (TPSA) is 93.8 Å². The molecule has 1 aliphatic heterocycles. The number of ether oxygens (including phenoxy) is 1. The number of amides is 1. The van der Waals surface area contributed by atoms with Crippen LogP contribution in [-0.4, -0.2) is 62.3 Å². The average Bonchev–Trinajstić information content (AvgIpc) is 3.39. The van der Waals surface area contributed by atoms with Crippen LogP contribution in [0.5, 0.6) is 0 Å². The van der Waals surface area contributed by atoms with Crippen LogP contribution in [0.2, 0.25) is 0 Å². The van der Waals surface area contributed by atoms with E-state index in [0.717, 1.165) is 43.7 Å². The molecule has 0 aliphatic carbocycles. The van der Waals surface area contributed by atoms with E-state index in [1.54, 1.807) is 11.6 Å². The Kier molecular flexibility index (Phi) is 6.68. The molecule has 4 rings (SSSR count). The van der Waals surface area contributed by atoms with Crippen LogP contribution in [0, 0.1) is 5.92 Å². The highest BCUT2D eigenvalue weighted by Gasteiger charge is 2.26. The molecule has 0 bridgehead atoms. The van der Waals surface area contributed by atoms with Crippen molar-refractivity contribution in [3.05, 3.63) is 27.6 Å². The molecule has 31 heavy (non-hydrogen) atoms. The summed E-state index contributed by atoms with van der Waals surface area (Å²) < 4.78 is 9.75. The summed E-state index contributed by atoms with van der Waals surface area (Å²) in [6, 6.07) is 1.95. The number of nitrogens with one attached hydrogen (secondary N) is 1. The van der Waals surface area contributed by atoms with Gasteiger partial charge in [0.1, 0.15) is 4.70 Å². The Balaban J connectivity index is 1.34. The predicted molar refractivity (Wildman–Crippen MR) is 120 cm³/mol. The zero-order valence-corrected chi connectivity index (χ0v) is 19.2. The monoisotopic (exact) mass is 446 g/mol. The molecule has 0 unspecified atom stereocenters. The van der Waals surface area contributed by atoms with Crippen LogP contribution in [0.4, 0.5) is 0 Å². The number of rotatable bonds is 8. The SMILES string of the molecule is CC(C)OCCCNC(=O)C1CCN(Cc2nnc3n(C)c(=O)c4sccc4n23)CC1. The first-order valence-corrected chi connectivity index (χ1v) is 11.8. The van der Waals surface area contributed by atoms with Crippen LogP contribution in [-0.2, 0) is 23.1 Å². The summed E-state index contributed by atoms with van der Waals surface area (Å²) in [5, 5.41) is 13.6. The van der Waals surface area contributed by atoms with Crippen molar-refractivity contribution in [1.82, 2.24) is 29.4 Å².